The molecule has 1 radical (unpaired) electrons. The molecule has 29 heavy (non-hydrogen) atoms. The number of rotatable bonds is 0. The molecular formula is C20H18AcN2O5S. The summed E-state index contributed by atoms with van der Waals surface area (Å²) in [5, 5.41) is 20.7. The maximum absolute atomic E-state index is 13.0. The Balaban J connectivity index is 0.000000830. The fraction of sp³-hybridized carbons (Fsp3) is 0.250. The van der Waals surface area contributed by atoms with Gasteiger partial charge in [0, 0.05) is 60.6 Å². The standard InChI is InChI=1S/C19H14N2O5.CH4S.Ac/c1-19(25)13-6-15-16-10(4-9-5-11(22)2-3-14(9)20-16)7-21(15)17(23)12(13)8-26-18(19)24;1-2;/h2-6,22,25H,7-8H2,1H3;2H,1H3;/t19-;;/m0../s1/i4T;;. The molecule has 2 N–H and O–H groups in total. The number of carbonyl (C=O) groups is 1. The molecule has 5 rings (SSSR count). The van der Waals surface area contributed by atoms with Crippen LogP contribution in [0.25, 0.3) is 22.3 Å². The van der Waals surface area contributed by atoms with Gasteiger partial charge in [-0.25, -0.2) is 9.78 Å². The number of aromatic nitrogens is 2. The Bertz CT molecular complexity index is 1260. The first kappa shape index (κ1) is 20.9. The first-order valence-corrected chi connectivity index (χ1v) is 9.42. The summed E-state index contributed by atoms with van der Waals surface area (Å²) in [5.74, 6) is -0.770. The van der Waals surface area contributed by atoms with Crippen molar-refractivity contribution in [1.29, 1.82) is 0 Å². The number of phenols is 1. The number of fused-ring (bicyclic) bond motifs is 5. The van der Waals surface area contributed by atoms with Crippen LogP contribution >= 0.6 is 12.6 Å². The number of aliphatic hydroxyl groups is 1. The van der Waals surface area contributed by atoms with Crippen molar-refractivity contribution in [3.63, 3.8) is 0 Å². The number of carbonyl (C=O) groups excluding carboxylic acids is 1. The van der Waals surface area contributed by atoms with E-state index in [0.29, 0.717) is 27.9 Å². The minimum Gasteiger partial charge on any atom is -0.508 e. The molecule has 0 amide bonds. The molecule has 9 heteroatoms. The molecule has 2 aliphatic rings. The molecule has 0 saturated carbocycles. The SMILES string of the molecule is CS.[3H]c1c2c(nc3ccc(O)cc13)-c1cc3c(c(=O)n1C2)COC(=O)[C@@]3(C)O.[Ac]. The Labute approximate surface area is 209 Å². The van der Waals surface area contributed by atoms with Gasteiger partial charge >= 0.3 is 5.97 Å². The largest absolute Gasteiger partial charge is 0.508 e. The number of pyridine rings is 2. The molecule has 0 unspecified atom stereocenters. The van der Waals surface area contributed by atoms with Gasteiger partial charge in [-0.2, -0.15) is 12.6 Å². The van der Waals surface area contributed by atoms with Crippen molar-refractivity contribution in [2.45, 2.75) is 25.7 Å². The van der Waals surface area contributed by atoms with Crippen molar-refractivity contribution in [2.24, 2.45) is 0 Å². The van der Waals surface area contributed by atoms with Crippen molar-refractivity contribution in [3.8, 4) is 17.1 Å². The maximum Gasteiger partial charge on any atom is 0.342 e. The molecule has 1 aromatic carbocycles. The zero-order valence-electron chi connectivity index (χ0n) is 16.8. The monoisotopic (exact) mass is 627 g/mol. The van der Waals surface area contributed by atoms with Gasteiger partial charge in [-0.15, -0.1) is 0 Å². The van der Waals surface area contributed by atoms with Crippen molar-refractivity contribution >= 4 is 29.5 Å². The number of thiol groups is 1. The third kappa shape index (κ3) is 3.42. The number of benzene rings is 1. The molecule has 2 aliphatic heterocycles. The zero-order chi connectivity index (χ0) is 21.1. The Morgan fingerprint density at radius 3 is 2.76 bits per heavy atom. The van der Waals surface area contributed by atoms with E-state index in [-0.39, 0.29) is 85.7 Å². The number of ether oxygens (including phenoxy) is 1. The summed E-state index contributed by atoms with van der Waals surface area (Å²) in [5.41, 5.74) is 0.129. The molecule has 0 saturated heterocycles. The third-order valence-corrected chi connectivity index (χ3v) is 5.01. The Morgan fingerprint density at radius 2 is 2.03 bits per heavy atom. The molecule has 3 aromatic rings. The molecular weight excluding hydrogens is 607 g/mol. The topological polar surface area (TPSA) is 102 Å². The van der Waals surface area contributed by atoms with E-state index in [4.69, 9.17) is 6.11 Å². The second-order valence-electron chi connectivity index (χ2n) is 6.73. The third-order valence-electron chi connectivity index (χ3n) is 5.01. The van der Waals surface area contributed by atoms with Gasteiger partial charge in [0.2, 0.25) is 0 Å². The number of hydrogen-bond donors (Lipinski definition) is 3. The predicted octanol–water partition coefficient (Wildman–Crippen LogP) is 1.94. The van der Waals surface area contributed by atoms with Crippen LogP contribution in [0, 0.1) is 44.1 Å². The van der Waals surface area contributed by atoms with E-state index in [1.54, 1.807) is 18.4 Å². The van der Waals surface area contributed by atoms with E-state index in [0.717, 1.165) is 0 Å². The quantitative estimate of drug-likeness (QED) is 0.204. The van der Waals surface area contributed by atoms with E-state index in [2.05, 4.69) is 17.6 Å². The van der Waals surface area contributed by atoms with Gasteiger partial charge in [0.25, 0.3) is 5.56 Å². The fourth-order valence-corrected chi connectivity index (χ4v) is 3.62. The molecule has 2 aromatic heterocycles. The van der Waals surface area contributed by atoms with Gasteiger partial charge in [-0.1, -0.05) is 0 Å². The minimum atomic E-state index is -1.92. The van der Waals surface area contributed by atoms with Crippen LogP contribution in [-0.4, -0.2) is 32.0 Å². The molecule has 0 fully saturated rings. The predicted molar refractivity (Wildman–Crippen MR) is 106 cm³/mol. The van der Waals surface area contributed by atoms with Crippen LogP contribution in [-0.2, 0) is 28.3 Å². The Kier molecular flexibility index (Phi) is 5.77. The summed E-state index contributed by atoms with van der Waals surface area (Å²) in [6, 6.07) is 6.33. The molecule has 147 valence electrons. The number of nitrogens with zero attached hydrogens (tertiary/aromatic N) is 2. The van der Waals surface area contributed by atoms with E-state index in [1.807, 2.05) is 0 Å². The summed E-state index contributed by atoms with van der Waals surface area (Å²) in [6.07, 6.45) is 1.69. The fourth-order valence-electron chi connectivity index (χ4n) is 3.62. The Hall–Kier alpha value is -1.40. The van der Waals surface area contributed by atoms with Crippen LogP contribution in [0.1, 0.15) is 25.0 Å². The molecule has 1 atom stereocenters. The second kappa shape index (κ2) is 8.03. The summed E-state index contributed by atoms with van der Waals surface area (Å²) < 4.78 is 14.9. The number of aromatic hydroxyl groups is 1. The van der Waals surface area contributed by atoms with Crippen LogP contribution in [0.3, 0.4) is 0 Å². The maximum atomic E-state index is 13.0. The number of phenolic OH excluding ortho intramolecular Hbond substituents is 1. The Morgan fingerprint density at radius 1 is 1.31 bits per heavy atom. The smallest absolute Gasteiger partial charge is 0.342 e. The van der Waals surface area contributed by atoms with Crippen LogP contribution in [0.4, 0.5) is 0 Å². The first-order valence-electron chi connectivity index (χ1n) is 9.03. The minimum absolute atomic E-state index is 0. The first-order chi connectivity index (χ1) is 13.8. The average molecular weight is 627 g/mol. The van der Waals surface area contributed by atoms with E-state index >= 15 is 0 Å². The van der Waals surface area contributed by atoms with Crippen molar-refractivity contribution in [3.05, 3.63) is 57.4 Å². The van der Waals surface area contributed by atoms with E-state index in [9.17, 15) is 19.8 Å². The van der Waals surface area contributed by atoms with E-state index in [1.165, 1.54) is 23.6 Å². The van der Waals surface area contributed by atoms with Crippen LogP contribution < -0.4 is 5.56 Å². The number of cyclic esters (lactones) is 1. The summed E-state index contributed by atoms with van der Waals surface area (Å²) in [4.78, 5) is 29.5. The summed E-state index contributed by atoms with van der Waals surface area (Å²) in [7, 11) is 0. The second-order valence-corrected chi connectivity index (χ2v) is 6.73. The van der Waals surface area contributed by atoms with Gasteiger partial charge in [-0.05, 0) is 43.5 Å². The van der Waals surface area contributed by atoms with Crippen LogP contribution in [0.2, 0.25) is 0 Å². The van der Waals surface area contributed by atoms with Gasteiger partial charge in [0.15, 0.2) is 5.60 Å². The van der Waals surface area contributed by atoms with Crippen molar-refractivity contribution in [1.82, 2.24) is 9.55 Å². The molecule has 7 nitrogen and oxygen atoms in total. The number of esters is 1. The molecule has 0 bridgehead atoms. The number of hydrogen-bond acceptors (Lipinski definition) is 7. The van der Waals surface area contributed by atoms with Crippen molar-refractivity contribution < 1.29 is 65.2 Å². The summed E-state index contributed by atoms with van der Waals surface area (Å²) in [6.45, 7) is 1.26. The van der Waals surface area contributed by atoms with E-state index < -0.39 is 11.6 Å². The van der Waals surface area contributed by atoms with Gasteiger partial charge < -0.3 is 19.5 Å². The van der Waals surface area contributed by atoms with Crippen molar-refractivity contribution in [2.75, 3.05) is 6.26 Å². The van der Waals surface area contributed by atoms with Gasteiger partial charge in [0.1, 0.15) is 12.4 Å². The molecule has 0 aliphatic carbocycles. The van der Waals surface area contributed by atoms with Gasteiger partial charge in [0.05, 0.1) is 30.4 Å². The normalized spacial score (nSPS) is 19.0. The zero-order valence-corrected chi connectivity index (χ0v) is 21.4. The molecule has 4 heterocycles. The summed E-state index contributed by atoms with van der Waals surface area (Å²) >= 11 is 3.53. The van der Waals surface area contributed by atoms with Gasteiger partial charge in [-0.3, -0.25) is 4.79 Å². The average Bonchev–Trinajstić information content (AvgIpc) is 3.07. The van der Waals surface area contributed by atoms with Crippen LogP contribution in [0.15, 0.2) is 35.1 Å². The molecule has 0 spiro atoms. The van der Waals surface area contributed by atoms with Crippen LogP contribution in [0.5, 0.6) is 5.75 Å².